The summed E-state index contributed by atoms with van der Waals surface area (Å²) in [5.74, 6) is -0.957. The van der Waals surface area contributed by atoms with Gasteiger partial charge in [-0.2, -0.15) is 0 Å². The Bertz CT molecular complexity index is 358. The Morgan fingerprint density at radius 2 is 1.52 bits per heavy atom. The zero-order chi connectivity index (χ0) is 16.0. The lowest BCUT2D eigenvalue weighted by molar-refractivity contribution is -0.305. The summed E-state index contributed by atoms with van der Waals surface area (Å²) in [5.41, 5.74) is 0. The van der Waals surface area contributed by atoms with Crippen molar-refractivity contribution in [2.75, 3.05) is 27.9 Å². The highest BCUT2D eigenvalue weighted by Crippen LogP contribution is 2.28. The van der Waals surface area contributed by atoms with Crippen LogP contribution in [-0.4, -0.2) is 70.6 Å². The molecule has 0 spiro atoms. The highest BCUT2D eigenvalue weighted by molar-refractivity contribution is 5.66. The van der Waals surface area contributed by atoms with Gasteiger partial charge in [0, 0.05) is 35.2 Å². The largest absolute Gasteiger partial charge is 0.463 e. The second kappa shape index (κ2) is 8.28. The maximum atomic E-state index is 11.3. The first-order chi connectivity index (χ1) is 9.94. The highest BCUT2D eigenvalue weighted by Gasteiger charge is 2.49. The minimum absolute atomic E-state index is 0.0799. The van der Waals surface area contributed by atoms with Crippen LogP contribution in [0.4, 0.5) is 0 Å². The molecule has 0 aliphatic carbocycles. The standard InChI is InChI=1S/C13H22O8/c1-7(14)19-6-9-10(20-8(2)15)11(16-3)12(17-4)13(18-5)21-9/h9-13H,6H2,1-5H3/t9-,10-,11+,12-,13+/m1/s1. The molecule has 1 aliphatic heterocycles. The van der Waals surface area contributed by atoms with Gasteiger partial charge in [0.05, 0.1) is 0 Å². The van der Waals surface area contributed by atoms with Crippen molar-refractivity contribution in [1.82, 2.24) is 0 Å². The number of hydrogen-bond donors (Lipinski definition) is 0. The molecule has 0 bridgehead atoms. The van der Waals surface area contributed by atoms with Crippen molar-refractivity contribution in [3.63, 3.8) is 0 Å². The zero-order valence-electron chi connectivity index (χ0n) is 12.9. The van der Waals surface area contributed by atoms with E-state index in [0.717, 1.165) is 0 Å². The third kappa shape index (κ3) is 4.63. The second-order valence-corrected chi connectivity index (χ2v) is 4.56. The van der Waals surface area contributed by atoms with E-state index in [4.69, 9.17) is 28.4 Å². The molecule has 1 aliphatic rings. The van der Waals surface area contributed by atoms with Crippen LogP contribution in [0.5, 0.6) is 0 Å². The van der Waals surface area contributed by atoms with Crippen molar-refractivity contribution >= 4 is 11.9 Å². The van der Waals surface area contributed by atoms with E-state index in [9.17, 15) is 9.59 Å². The number of esters is 2. The molecule has 5 atom stereocenters. The molecule has 0 aromatic heterocycles. The van der Waals surface area contributed by atoms with Gasteiger partial charge in [-0.1, -0.05) is 0 Å². The van der Waals surface area contributed by atoms with E-state index in [1.165, 1.54) is 35.2 Å². The summed E-state index contributed by atoms with van der Waals surface area (Å²) in [6.07, 6.45) is -3.41. The van der Waals surface area contributed by atoms with Crippen molar-refractivity contribution in [1.29, 1.82) is 0 Å². The lowest BCUT2D eigenvalue weighted by Gasteiger charge is -2.43. The maximum Gasteiger partial charge on any atom is 0.303 e. The number of hydrogen-bond acceptors (Lipinski definition) is 8. The zero-order valence-corrected chi connectivity index (χ0v) is 12.9. The van der Waals surface area contributed by atoms with E-state index in [1.807, 2.05) is 0 Å². The molecule has 0 N–H and O–H groups in total. The van der Waals surface area contributed by atoms with E-state index in [1.54, 1.807) is 0 Å². The third-order valence-electron chi connectivity index (χ3n) is 3.12. The third-order valence-corrected chi connectivity index (χ3v) is 3.12. The molecule has 122 valence electrons. The Morgan fingerprint density at radius 3 is 1.95 bits per heavy atom. The van der Waals surface area contributed by atoms with Gasteiger partial charge in [0.2, 0.25) is 0 Å². The Balaban J connectivity index is 2.95. The predicted octanol–water partition coefficient (Wildman–Crippen LogP) is -0.117. The van der Waals surface area contributed by atoms with Crippen LogP contribution in [0.2, 0.25) is 0 Å². The molecule has 0 aromatic carbocycles. The molecule has 1 fully saturated rings. The summed E-state index contributed by atoms with van der Waals surface area (Å²) in [5, 5.41) is 0. The van der Waals surface area contributed by atoms with Crippen LogP contribution in [0.25, 0.3) is 0 Å². The summed E-state index contributed by atoms with van der Waals surface area (Å²) in [6, 6.07) is 0. The fraction of sp³-hybridized carbons (Fsp3) is 0.846. The van der Waals surface area contributed by atoms with Crippen LogP contribution in [0, 0.1) is 0 Å². The van der Waals surface area contributed by atoms with E-state index in [0.29, 0.717) is 0 Å². The van der Waals surface area contributed by atoms with Gasteiger partial charge in [-0.3, -0.25) is 9.59 Å². The molecule has 8 nitrogen and oxygen atoms in total. The second-order valence-electron chi connectivity index (χ2n) is 4.56. The number of carbonyl (C=O) groups excluding carboxylic acids is 2. The van der Waals surface area contributed by atoms with Crippen LogP contribution >= 0.6 is 0 Å². The first kappa shape index (κ1) is 17.8. The summed E-state index contributed by atoms with van der Waals surface area (Å²) in [4.78, 5) is 22.3. The van der Waals surface area contributed by atoms with E-state index < -0.39 is 42.6 Å². The normalized spacial score (nSPS) is 32.5. The molecule has 8 heteroatoms. The Kier molecular flexibility index (Phi) is 7.03. The molecule has 21 heavy (non-hydrogen) atoms. The van der Waals surface area contributed by atoms with Crippen molar-refractivity contribution in [2.24, 2.45) is 0 Å². The number of rotatable bonds is 6. The number of ether oxygens (including phenoxy) is 6. The summed E-state index contributed by atoms with van der Waals surface area (Å²) >= 11 is 0. The quantitative estimate of drug-likeness (QED) is 0.628. The summed E-state index contributed by atoms with van der Waals surface area (Å²) in [7, 11) is 4.40. The van der Waals surface area contributed by atoms with Gasteiger partial charge in [-0.15, -0.1) is 0 Å². The summed E-state index contributed by atoms with van der Waals surface area (Å²) < 4.78 is 31.7. The van der Waals surface area contributed by atoms with Crippen molar-refractivity contribution in [3.05, 3.63) is 0 Å². The van der Waals surface area contributed by atoms with Gasteiger partial charge >= 0.3 is 11.9 Å². The first-order valence-electron chi connectivity index (χ1n) is 6.49. The van der Waals surface area contributed by atoms with Crippen molar-refractivity contribution in [2.45, 2.75) is 44.6 Å². The number of carbonyl (C=O) groups is 2. The van der Waals surface area contributed by atoms with Gasteiger partial charge < -0.3 is 28.4 Å². The van der Waals surface area contributed by atoms with E-state index in [2.05, 4.69) is 0 Å². The first-order valence-corrected chi connectivity index (χ1v) is 6.49. The Morgan fingerprint density at radius 1 is 0.905 bits per heavy atom. The smallest absolute Gasteiger partial charge is 0.303 e. The van der Waals surface area contributed by atoms with Crippen molar-refractivity contribution < 1.29 is 38.0 Å². The molecular formula is C13H22O8. The highest BCUT2D eigenvalue weighted by atomic mass is 16.7. The topological polar surface area (TPSA) is 89.5 Å². The van der Waals surface area contributed by atoms with Gasteiger partial charge in [0.15, 0.2) is 12.4 Å². The van der Waals surface area contributed by atoms with Crippen LogP contribution in [0.15, 0.2) is 0 Å². The molecule has 0 saturated carbocycles. The van der Waals surface area contributed by atoms with Crippen LogP contribution < -0.4 is 0 Å². The molecule has 0 unspecified atom stereocenters. The Hall–Kier alpha value is -1.22. The van der Waals surface area contributed by atoms with E-state index in [-0.39, 0.29) is 6.61 Å². The molecule has 0 radical (unpaired) electrons. The minimum atomic E-state index is -0.775. The molecule has 0 aromatic rings. The minimum Gasteiger partial charge on any atom is -0.463 e. The molecule has 0 amide bonds. The average molecular weight is 306 g/mol. The lowest BCUT2D eigenvalue weighted by atomic mass is 9.98. The number of methoxy groups -OCH3 is 3. The van der Waals surface area contributed by atoms with Crippen LogP contribution in [0.3, 0.4) is 0 Å². The predicted molar refractivity (Wildman–Crippen MR) is 69.5 cm³/mol. The summed E-state index contributed by atoms with van der Waals surface area (Å²) in [6.45, 7) is 2.48. The lowest BCUT2D eigenvalue weighted by Crippen LogP contribution is -2.61. The molecule has 1 saturated heterocycles. The average Bonchev–Trinajstić information content (AvgIpc) is 2.44. The van der Waals surface area contributed by atoms with Crippen LogP contribution in [-0.2, 0) is 38.0 Å². The SMILES string of the molecule is CO[C@H]1O[C@H](COC(C)=O)[C@@H](OC(C)=O)[C@H](OC)[C@H]1OC. The van der Waals surface area contributed by atoms with Gasteiger partial charge in [0.1, 0.15) is 24.9 Å². The molecule has 1 heterocycles. The van der Waals surface area contributed by atoms with Gasteiger partial charge in [-0.05, 0) is 0 Å². The van der Waals surface area contributed by atoms with Crippen LogP contribution in [0.1, 0.15) is 13.8 Å². The molecular weight excluding hydrogens is 284 g/mol. The fourth-order valence-electron chi connectivity index (χ4n) is 2.25. The monoisotopic (exact) mass is 306 g/mol. The van der Waals surface area contributed by atoms with Gasteiger partial charge in [-0.25, -0.2) is 0 Å². The Labute approximate surface area is 123 Å². The molecule has 1 rings (SSSR count). The maximum absolute atomic E-state index is 11.3. The van der Waals surface area contributed by atoms with E-state index >= 15 is 0 Å². The van der Waals surface area contributed by atoms with Gasteiger partial charge in [0.25, 0.3) is 0 Å². The van der Waals surface area contributed by atoms with Crippen molar-refractivity contribution in [3.8, 4) is 0 Å². The fourth-order valence-corrected chi connectivity index (χ4v) is 2.25.